The Kier molecular flexibility index (Phi) is 7.42. The van der Waals surface area contributed by atoms with Crippen molar-refractivity contribution >= 4 is 52.3 Å². The Morgan fingerprint density at radius 3 is 2.58 bits per heavy atom. The van der Waals surface area contributed by atoms with Gasteiger partial charge in [0.2, 0.25) is 5.91 Å². The summed E-state index contributed by atoms with van der Waals surface area (Å²) in [4.78, 5) is 48.5. The summed E-state index contributed by atoms with van der Waals surface area (Å²) in [6, 6.07) is 11.7. The van der Waals surface area contributed by atoms with Gasteiger partial charge in [0.05, 0.1) is 15.6 Å². The van der Waals surface area contributed by atoms with Gasteiger partial charge in [0.1, 0.15) is 5.82 Å². The fourth-order valence-corrected chi connectivity index (χ4v) is 4.18. The van der Waals surface area contributed by atoms with Gasteiger partial charge in [-0.25, -0.2) is 4.39 Å². The minimum atomic E-state index is -0.534. The molecule has 1 saturated heterocycles. The summed E-state index contributed by atoms with van der Waals surface area (Å²) in [5.41, 5.74) is 0.180. The molecule has 160 valence electrons. The van der Waals surface area contributed by atoms with Crippen LogP contribution >= 0.6 is 23.5 Å². The molecule has 2 aromatic rings. The van der Waals surface area contributed by atoms with Crippen LogP contribution in [0, 0.1) is 15.9 Å². The average molecular weight is 461 g/mol. The average Bonchev–Trinajstić information content (AvgIpc) is 3.01. The molecule has 0 radical (unpaired) electrons. The lowest BCUT2D eigenvalue weighted by Gasteiger charge is -2.13. The predicted octanol–water partition coefficient (Wildman–Crippen LogP) is 3.68. The van der Waals surface area contributed by atoms with Gasteiger partial charge < -0.3 is 5.32 Å². The topological polar surface area (TPSA) is 110 Å². The van der Waals surface area contributed by atoms with E-state index in [1.54, 1.807) is 18.2 Å². The third-order valence-electron chi connectivity index (χ3n) is 4.14. The van der Waals surface area contributed by atoms with Crippen molar-refractivity contribution in [2.75, 3.05) is 18.8 Å². The number of imide groups is 1. The number of non-ortho nitro benzene ring substituents is 1. The highest BCUT2D eigenvalue weighted by Crippen LogP contribution is 2.32. The summed E-state index contributed by atoms with van der Waals surface area (Å²) in [6.07, 6.45) is 1.33. The third kappa shape index (κ3) is 5.92. The molecule has 1 heterocycles. The largest absolute Gasteiger partial charge is 0.354 e. The second kappa shape index (κ2) is 10.2. The number of amides is 3. The van der Waals surface area contributed by atoms with Crippen LogP contribution in [0.15, 0.2) is 58.3 Å². The summed E-state index contributed by atoms with van der Waals surface area (Å²) in [7, 11) is 0. The Balaban J connectivity index is 1.47. The second-order valence-electron chi connectivity index (χ2n) is 6.24. The van der Waals surface area contributed by atoms with E-state index in [1.807, 2.05) is 0 Å². The van der Waals surface area contributed by atoms with Gasteiger partial charge in [-0.15, -0.1) is 11.8 Å². The molecule has 0 saturated carbocycles. The number of halogens is 1. The standard InChI is InChI=1S/C20H16FN3O5S2/c21-16-4-2-1-3-13(16)11-17-19(26)23(20(27)31-17)10-9-22-18(25)12-30-15-7-5-14(6-8-15)24(28)29/h1-8,11H,9-10,12H2,(H,22,25)/b17-11-. The molecule has 1 N–H and O–H groups in total. The molecule has 1 aliphatic rings. The van der Waals surface area contributed by atoms with E-state index in [-0.39, 0.29) is 40.9 Å². The summed E-state index contributed by atoms with van der Waals surface area (Å²) < 4.78 is 13.8. The molecule has 3 rings (SSSR count). The lowest BCUT2D eigenvalue weighted by Crippen LogP contribution is -2.37. The predicted molar refractivity (Wildman–Crippen MR) is 116 cm³/mol. The molecule has 0 unspecified atom stereocenters. The van der Waals surface area contributed by atoms with E-state index in [2.05, 4.69) is 5.32 Å². The molecule has 0 aliphatic carbocycles. The smallest absolute Gasteiger partial charge is 0.293 e. The molecule has 1 fully saturated rings. The van der Waals surface area contributed by atoms with Gasteiger partial charge in [0.25, 0.3) is 16.8 Å². The summed E-state index contributed by atoms with van der Waals surface area (Å²) in [5, 5.41) is 12.8. The van der Waals surface area contributed by atoms with E-state index < -0.39 is 21.9 Å². The molecule has 0 bridgehead atoms. The summed E-state index contributed by atoms with van der Waals surface area (Å²) >= 11 is 1.93. The maximum absolute atomic E-state index is 13.8. The van der Waals surface area contributed by atoms with Gasteiger partial charge in [-0.2, -0.15) is 0 Å². The van der Waals surface area contributed by atoms with Gasteiger partial charge >= 0.3 is 0 Å². The number of nitro benzene ring substituents is 1. The van der Waals surface area contributed by atoms with E-state index in [0.29, 0.717) is 4.90 Å². The number of hydrogen-bond donors (Lipinski definition) is 1. The normalized spacial score (nSPS) is 14.9. The minimum Gasteiger partial charge on any atom is -0.354 e. The maximum Gasteiger partial charge on any atom is 0.293 e. The van der Waals surface area contributed by atoms with E-state index in [9.17, 15) is 28.9 Å². The van der Waals surface area contributed by atoms with Crippen LogP contribution < -0.4 is 5.32 Å². The molecule has 8 nitrogen and oxygen atoms in total. The molecular formula is C20H16FN3O5S2. The van der Waals surface area contributed by atoms with E-state index in [1.165, 1.54) is 48.2 Å². The van der Waals surface area contributed by atoms with Gasteiger partial charge in [-0.1, -0.05) is 18.2 Å². The molecular weight excluding hydrogens is 445 g/mol. The van der Waals surface area contributed by atoms with Crippen molar-refractivity contribution in [3.63, 3.8) is 0 Å². The first-order chi connectivity index (χ1) is 14.8. The lowest BCUT2D eigenvalue weighted by atomic mass is 10.2. The second-order valence-corrected chi connectivity index (χ2v) is 8.29. The first-order valence-corrected chi connectivity index (χ1v) is 10.8. The molecule has 2 aromatic carbocycles. The zero-order valence-electron chi connectivity index (χ0n) is 15.9. The Morgan fingerprint density at radius 1 is 1.19 bits per heavy atom. The van der Waals surface area contributed by atoms with Crippen molar-refractivity contribution < 1.29 is 23.7 Å². The molecule has 1 aliphatic heterocycles. The Labute approximate surface area is 185 Å². The highest BCUT2D eigenvalue weighted by molar-refractivity contribution is 8.18. The summed E-state index contributed by atoms with van der Waals surface area (Å²) in [6.45, 7) is 0.0674. The Hall–Kier alpha value is -3.18. The van der Waals surface area contributed by atoms with Crippen LogP contribution in [0.4, 0.5) is 14.9 Å². The quantitative estimate of drug-likeness (QED) is 0.276. The number of rotatable bonds is 8. The van der Waals surface area contributed by atoms with Crippen LogP contribution in [0.25, 0.3) is 6.08 Å². The number of benzene rings is 2. The third-order valence-corrected chi connectivity index (χ3v) is 6.06. The molecule has 11 heteroatoms. The maximum atomic E-state index is 13.8. The van der Waals surface area contributed by atoms with Crippen molar-refractivity contribution in [1.29, 1.82) is 0 Å². The fourth-order valence-electron chi connectivity index (χ4n) is 2.60. The van der Waals surface area contributed by atoms with Crippen LogP contribution in [0.3, 0.4) is 0 Å². The molecule has 3 amide bonds. The Bertz CT molecular complexity index is 1060. The van der Waals surface area contributed by atoms with Gasteiger partial charge in [0.15, 0.2) is 0 Å². The SMILES string of the molecule is O=C(CSc1ccc([N+](=O)[O-])cc1)NCCN1C(=O)S/C(=C\c2ccccc2F)C1=O. The number of hydrogen-bond acceptors (Lipinski definition) is 7. The van der Waals surface area contributed by atoms with Crippen LogP contribution in [0.5, 0.6) is 0 Å². The number of carbonyl (C=O) groups excluding carboxylic acids is 3. The lowest BCUT2D eigenvalue weighted by molar-refractivity contribution is -0.384. The number of carbonyl (C=O) groups is 3. The van der Waals surface area contributed by atoms with Crippen molar-refractivity contribution in [3.05, 3.63) is 74.9 Å². The highest BCUT2D eigenvalue weighted by Gasteiger charge is 2.34. The van der Waals surface area contributed by atoms with E-state index in [0.717, 1.165) is 16.7 Å². The number of nitrogens with zero attached hydrogens (tertiary/aromatic N) is 2. The van der Waals surface area contributed by atoms with E-state index >= 15 is 0 Å². The number of nitro groups is 1. The fraction of sp³-hybridized carbons (Fsp3) is 0.150. The molecule has 0 aromatic heterocycles. The zero-order valence-corrected chi connectivity index (χ0v) is 17.6. The molecule has 31 heavy (non-hydrogen) atoms. The van der Waals surface area contributed by atoms with Gasteiger partial charge in [-0.3, -0.25) is 29.4 Å². The van der Waals surface area contributed by atoms with Crippen molar-refractivity contribution in [1.82, 2.24) is 10.2 Å². The van der Waals surface area contributed by atoms with Gasteiger partial charge in [-0.05, 0) is 36.0 Å². The highest BCUT2D eigenvalue weighted by atomic mass is 32.2. The van der Waals surface area contributed by atoms with Gasteiger partial charge in [0, 0.05) is 35.7 Å². The van der Waals surface area contributed by atoms with Crippen LogP contribution in [-0.4, -0.2) is 45.7 Å². The molecule has 0 spiro atoms. The van der Waals surface area contributed by atoms with Crippen molar-refractivity contribution in [2.45, 2.75) is 4.90 Å². The van der Waals surface area contributed by atoms with Crippen LogP contribution in [0.1, 0.15) is 5.56 Å². The number of thioether (sulfide) groups is 2. The monoisotopic (exact) mass is 461 g/mol. The molecule has 0 atom stereocenters. The zero-order chi connectivity index (χ0) is 22.4. The van der Waals surface area contributed by atoms with Crippen LogP contribution in [-0.2, 0) is 9.59 Å². The van der Waals surface area contributed by atoms with Crippen molar-refractivity contribution in [2.24, 2.45) is 0 Å². The Morgan fingerprint density at radius 2 is 1.90 bits per heavy atom. The summed E-state index contributed by atoms with van der Waals surface area (Å²) in [5.74, 6) is -1.26. The first-order valence-electron chi connectivity index (χ1n) is 8.99. The first kappa shape index (κ1) is 22.5. The minimum absolute atomic E-state index is 0.00673. The van der Waals surface area contributed by atoms with E-state index in [4.69, 9.17) is 0 Å². The van der Waals surface area contributed by atoms with Crippen molar-refractivity contribution in [3.8, 4) is 0 Å². The van der Waals surface area contributed by atoms with Crippen LogP contribution in [0.2, 0.25) is 0 Å². The number of nitrogens with one attached hydrogen (secondary N) is 1.